The summed E-state index contributed by atoms with van der Waals surface area (Å²) in [6.45, 7) is 10.6. The van der Waals surface area contributed by atoms with Crippen LogP contribution in [-0.2, 0) is 6.42 Å². The molecule has 114 valence electrons. The molecular formula is C15H29N5. The second kappa shape index (κ2) is 7.43. The molecule has 20 heavy (non-hydrogen) atoms. The van der Waals surface area contributed by atoms with Gasteiger partial charge in [-0.15, -0.1) is 0 Å². The largest absolute Gasteiger partial charge is 0.373 e. The molecule has 0 aliphatic carbocycles. The Balaban J connectivity index is 3.19. The van der Waals surface area contributed by atoms with Gasteiger partial charge < -0.3 is 15.1 Å². The lowest BCUT2D eigenvalue weighted by Crippen LogP contribution is -2.41. The molecular weight excluding hydrogens is 250 g/mol. The van der Waals surface area contributed by atoms with Crippen molar-refractivity contribution in [1.29, 1.82) is 0 Å². The lowest BCUT2D eigenvalue weighted by Gasteiger charge is -2.32. The predicted molar refractivity (Wildman–Crippen MR) is 86.7 cm³/mol. The van der Waals surface area contributed by atoms with Crippen LogP contribution in [0.15, 0.2) is 0 Å². The maximum Gasteiger partial charge on any atom is 0.137 e. The number of hydrogen-bond donors (Lipinski definition) is 1. The van der Waals surface area contributed by atoms with E-state index in [0.717, 1.165) is 42.5 Å². The van der Waals surface area contributed by atoms with E-state index in [-0.39, 0.29) is 0 Å². The highest BCUT2D eigenvalue weighted by Crippen LogP contribution is 2.25. The molecule has 1 aromatic rings. The van der Waals surface area contributed by atoms with Crippen molar-refractivity contribution in [1.82, 2.24) is 14.9 Å². The molecule has 0 spiro atoms. The van der Waals surface area contributed by atoms with Crippen molar-refractivity contribution >= 4 is 11.6 Å². The Morgan fingerprint density at radius 1 is 1.20 bits per heavy atom. The van der Waals surface area contributed by atoms with Crippen molar-refractivity contribution < 1.29 is 0 Å². The van der Waals surface area contributed by atoms with Crippen LogP contribution >= 0.6 is 0 Å². The highest BCUT2D eigenvalue weighted by atomic mass is 15.3. The van der Waals surface area contributed by atoms with Crippen molar-refractivity contribution in [2.45, 2.75) is 40.2 Å². The summed E-state index contributed by atoms with van der Waals surface area (Å²) in [5.74, 6) is 2.88. The average molecular weight is 279 g/mol. The summed E-state index contributed by atoms with van der Waals surface area (Å²) in [4.78, 5) is 13.9. The van der Waals surface area contributed by atoms with Gasteiger partial charge in [-0.3, -0.25) is 0 Å². The van der Waals surface area contributed by atoms with Crippen LogP contribution in [0.3, 0.4) is 0 Å². The molecule has 0 aliphatic heterocycles. The summed E-state index contributed by atoms with van der Waals surface area (Å²) in [6, 6.07) is 0.415. The summed E-state index contributed by atoms with van der Waals surface area (Å²) in [5.41, 5.74) is 1.12. The van der Waals surface area contributed by atoms with Gasteiger partial charge in [-0.1, -0.05) is 6.92 Å². The fourth-order valence-corrected chi connectivity index (χ4v) is 2.53. The lowest BCUT2D eigenvalue weighted by molar-refractivity contribution is 0.372. The zero-order chi connectivity index (χ0) is 15.3. The Bertz CT molecular complexity index is 431. The number of hydrogen-bond acceptors (Lipinski definition) is 5. The minimum atomic E-state index is 0.415. The molecule has 0 saturated carbocycles. The van der Waals surface area contributed by atoms with Gasteiger partial charge in [0.25, 0.3) is 0 Å². The summed E-state index contributed by atoms with van der Waals surface area (Å²) in [5, 5.41) is 3.18. The predicted octanol–water partition coefficient (Wildman–Crippen LogP) is 2.17. The quantitative estimate of drug-likeness (QED) is 0.828. The average Bonchev–Trinajstić information content (AvgIpc) is 2.40. The number of rotatable bonds is 7. The van der Waals surface area contributed by atoms with Crippen LogP contribution in [0.25, 0.3) is 0 Å². The first kappa shape index (κ1) is 16.7. The van der Waals surface area contributed by atoms with E-state index in [1.165, 1.54) is 0 Å². The van der Waals surface area contributed by atoms with Gasteiger partial charge in [0.1, 0.15) is 17.5 Å². The molecule has 0 saturated heterocycles. The second-order valence-corrected chi connectivity index (χ2v) is 5.44. The first-order valence-corrected chi connectivity index (χ1v) is 7.41. The van der Waals surface area contributed by atoms with Gasteiger partial charge in [-0.05, 0) is 34.9 Å². The van der Waals surface area contributed by atoms with Crippen molar-refractivity contribution in [3.05, 3.63) is 11.4 Å². The molecule has 1 aromatic heterocycles. The lowest BCUT2D eigenvalue weighted by atomic mass is 10.2. The number of nitrogens with one attached hydrogen (secondary N) is 1. The Labute approximate surface area is 123 Å². The molecule has 5 heteroatoms. The molecule has 1 atom stereocenters. The van der Waals surface area contributed by atoms with E-state index in [0.29, 0.717) is 6.04 Å². The monoisotopic (exact) mass is 279 g/mol. The summed E-state index contributed by atoms with van der Waals surface area (Å²) >= 11 is 0. The van der Waals surface area contributed by atoms with Crippen molar-refractivity contribution in [2.75, 3.05) is 44.4 Å². The minimum Gasteiger partial charge on any atom is -0.373 e. The molecule has 1 rings (SSSR count). The summed E-state index contributed by atoms with van der Waals surface area (Å²) in [6.07, 6.45) is 0.849. The van der Waals surface area contributed by atoms with Gasteiger partial charge in [0.2, 0.25) is 0 Å². The zero-order valence-corrected chi connectivity index (χ0v) is 14.0. The van der Waals surface area contributed by atoms with E-state index in [4.69, 9.17) is 4.98 Å². The number of aromatic nitrogens is 2. The highest BCUT2D eigenvalue weighted by molar-refractivity contribution is 5.58. The molecule has 0 aliphatic rings. The molecule has 1 unspecified atom stereocenters. The van der Waals surface area contributed by atoms with Gasteiger partial charge in [0.05, 0.1) is 0 Å². The molecule has 0 amide bonds. The Hall–Kier alpha value is -1.36. The third-order valence-electron chi connectivity index (χ3n) is 3.49. The van der Waals surface area contributed by atoms with Crippen molar-refractivity contribution in [3.63, 3.8) is 0 Å². The Kier molecular flexibility index (Phi) is 6.20. The van der Waals surface area contributed by atoms with E-state index in [1.807, 2.05) is 7.05 Å². The van der Waals surface area contributed by atoms with Gasteiger partial charge >= 0.3 is 0 Å². The molecule has 0 aromatic carbocycles. The number of likely N-dealkylation sites (N-methyl/N-ethyl adjacent to an activating group) is 2. The fraction of sp³-hybridized carbons (Fsp3) is 0.733. The van der Waals surface area contributed by atoms with Crippen LogP contribution < -0.4 is 10.2 Å². The third kappa shape index (κ3) is 3.82. The first-order valence-electron chi connectivity index (χ1n) is 7.41. The molecule has 0 fully saturated rings. The van der Waals surface area contributed by atoms with Crippen LogP contribution in [0.5, 0.6) is 0 Å². The van der Waals surface area contributed by atoms with E-state index in [9.17, 15) is 0 Å². The van der Waals surface area contributed by atoms with Crippen molar-refractivity contribution in [3.8, 4) is 0 Å². The van der Waals surface area contributed by atoms with Crippen LogP contribution in [0, 0.1) is 6.92 Å². The van der Waals surface area contributed by atoms with E-state index in [1.54, 1.807) is 0 Å². The van der Waals surface area contributed by atoms with E-state index < -0.39 is 0 Å². The molecule has 1 heterocycles. The number of anilines is 2. The van der Waals surface area contributed by atoms with Gasteiger partial charge in [-0.25, -0.2) is 9.97 Å². The normalized spacial score (nSPS) is 12.6. The van der Waals surface area contributed by atoms with E-state index in [2.05, 4.69) is 61.9 Å². The van der Waals surface area contributed by atoms with Crippen LogP contribution in [-0.4, -0.2) is 55.1 Å². The Morgan fingerprint density at radius 3 is 2.30 bits per heavy atom. The van der Waals surface area contributed by atoms with Gasteiger partial charge in [0.15, 0.2) is 0 Å². The van der Waals surface area contributed by atoms with Crippen LogP contribution in [0.1, 0.15) is 32.2 Å². The zero-order valence-electron chi connectivity index (χ0n) is 14.0. The number of aryl methyl sites for hydroxylation is 1. The first-order chi connectivity index (χ1) is 9.44. The second-order valence-electron chi connectivity index (χ2n) is 5.44. The standard InChI is InChI=1S/C15H29N5/c1-8-13-17-14(16-5)12(4)15(18-13)20(9-2)11(3)10-19(6)7/h11H,8-10H2,1-7H3,(H,16,17,18). The molecule has 0 radical (unpaired) electrons. The molecule has 0 bridgehead atoms. The van der Waals surface area contributed by atoms with E-state index >= 15 is 0 Å². The van der Waals surface area contributed by atoms with Crippen molar-refractivity contribution in [2.24, 2.45) is 0 Å². The van der Waals surface area contributed by atoms with Gasteiger partial charge in [0, 0.05) is 38.2 Å². The Morgan fingerprint density at radius 2 is 1.85 bits per heavy atom. The SMILES string of the molecule is CCc1nc(NC)c(C)c(N(CC)C(C)CN(C)C)n1. The third-order valence-corrected chi connectivity index (χ3v) is 3.49. The van der Waals surface area contributed by atoms with Gasteiger partial charge in [-0.2, -0.15) is 0 Å². The topological polar surface area (TPSA) is 44.3 Å². The molecule has 1 N–H and O–H groups in total. The molecule has 5 nitrogen and oxygen atoms in total. The maximum atomic E-state index is 4.76. The summed E-state index contributed by atoms with van der Waals surface area (Å²) in [7, 11) is 6.12. The fourth-order valence-electron chi connectivity index (χ4n) is 2.53. The van der Waals surface area contributed by atoms with Crippen LogP contribution in [0.4, 0.5) is 11.6 Å². The minimum absolute atomic E-state index is 0.415. The smallest absolute Gasteiger partial charge is 0.137 e. The maximum absolute atomic E-state index is 4.76. The summed E-state index contributed by atoms with van der Waals surface area (Å²) < 4.78 is 0. The highest BCUT2D eigenvalue weighted by Gasteiger charge is 2.19. The number of nitrogens with zero attached hydrogens (tertiary/aromatic N) is 4. The van der Waals surface area contributed by atoms with Crippen LogP contribution in [0.2, 0.25) is 0 Å².